The van der Waals surface area contributed by atoms with Crippen LogP contribution >= 0.6 is 11.3 Å². The van der Waals surface area contributed by atoms with Crippen LogP contribution in [0.5, 0.6) is 11.5 Å². The smallest absolute Gasteiger partial charge is 0.165 e. The van der Waals surface area contributed by atoms with Crippen molar-refractivity contribution in [3.05, 3.63) is 76.2 Å². The summed E-state index contributed by atoms with van der Waals surface area (Å²) in [5.74, 6) is 1.55. The van der Waals surface area contributed by atoms with Crippen molar-refractivity contribution >= 4 is 11.3 Å². The lowest BCUT2D eigenvalue weighted by atomic mass is 10.1. The Bertz CT molecular complexity index is 776. The van der Waals surface area contributed by atoms with Gasteiger partial charge in [-0.3, -0.25) is 9.88 Å². The van der Waals surface area contributed by atoms with E-state index in [4.69, 9.17) is 9.47 Å². The number of para-hydroxylation sites is 1. The number of nitrogens with zero attached hydrogens (tertiary/aromatic N) is 2. The van der Waals surface area contributed by atoms with Crippen LogP contribution in [-0.2, 0) is 19.6 Å². The molecule has 2 heterocycles. The van der Waals surface area contributed by atoms with E-state index in [1.165, 1.54) is 5.56 Å². The number of pyridine rings is 1. The highest BCUT2D eigenvalue weighted by molar-refractivity contribution is 7.07. The minimum Gasteiger partial charge on any atom is -0.493 e. The number of hydrogen-bond acceptors (Lipinski definition) is 5. The number of benzene rings is 1. The van der Waals surface area contributed by atoms with Gasteiger partial charge in [-0.15, -0.1) is 0 Å². The third-order valence-electron chi connectivity index (χ3n) is 3.98. The van der Waals surface area contributed by atoms with E-state index in [1.807, 2.05) is 30.5 Å². The fraction of sp³-hybridized carbons (Fsp3) is 0.250. The number of ether oxygens (including phenoxy) is 2. The van der Waals surface area contributed by atoms with Crippen LogP contribution in [0.2, 0.25) is 0 Å². The van der Waals surface area contributed by atoms with E-state index in [2.05, 4.69) is 38.8 Å². The van der Waals surface area contributed by atoms with Gasteiger partial charge in [-0.05, 0) is 40.6 Å². The highest BCUT2D eigenvalue weighted by Gasteiger charge is 2.15. The zero-order valence-corrected chi connectivity index (χ0v) is 15.3. The lowest BCUT2D eigenvalue weighted by Gasteiger charge is -2.23. The molecule has 1 aromatic carbocycles. The highest BCUT2D eigenvalue weighted by Crippen LogP contribution is 2.32. The van der Waals surface area contributed by atoms with E-state index in [9.17, 15) is 0 Å². The van der Waals surface area contributed by atoms with Gasteiger partial charge in [-0.2, -0.15) is 11.3 Å². The summed E-state index contributed by atoms with van der Waals surface area (Å²) < 4.78 is 11.0. The summed E-state index contributed by atoms with van der Waals surface area (Å²) in [7, 11) is 3.35. The van der Waals surface area contributed by atoms with Gasteiger partial charge in [0, 0.05) is 31.4 Å². The third-order valence-corrected chi connectivity index (χ3v) is 4.71. The van der Waals surface area contributed by atoms with Crippen LogP contribution in [0.4, 0.5) is 0 Å². The molecular formula is C20H22N2O2S. The van der Waals surface area contributed by atoms with Crippen molar-refractivity contribution in [3.63, 3.8) is 0 Å². The van der Waals surface area contributed by atoms with E-state index < -0.39 is 0 Å². The molecule has 0 saturated carbocycles. The predicted octanol–water partition coefficient (Wildman–Crippen LogP) is 4.36. The molecule has 3 aromatic rings. The molecular weight excluding hydrogens is 332 g/mol. The number of aromatic nitrogens is 1. The van der Waals surface area contributed by atoms with Gasteiger partial charge in [0.25, 0.3) is 0 Å². The van der Waals surface area contributed by atoms with Crippen LogP contribution in [0.15, 0.2) is 59.4 Å². The maximum absolute atomic E-state index is 5.59. The van der Waals surface area contributed by atoms with E-state index in [-0.39, 0.29) is 0 Å². The predicted molar refractivity (Wildman–Crippen MR) is 101 cm³/mol. The quantitative estimate of drug-likeness (QED) is 0.602. The maximum atomic E-state index is 5.59. The lowest BCUT2D eigenvalue weighted by molar-refractivity contribution is 0.239. The molecule has 2 aromatic heterocycles. The second-order valence-corrected chi connectivity index (χ2v) is 6.53. The SMILES string of the molecule is COc1cccc(CN(Cc2ccsc2)Cc2ccccn2)c1OC. The molecule has 25 heavy (non-hydrogen) atoms. The van der Waals surface area contributed by atoms with Gasteiger partial charge in [0.2, 0.25) is 0 Å². The van der Waals surface area contributed by atoms with Gasteiger partial charge in [-0.1, -0.05) is 18.2 Å². The zero-order valence-electron chi connectivity index (χ0n) is 14.5. The Morgan fingerprint density at radius 2 is 1.88 bits per heavy atom. The van der Waals surface area contributed by atoms with Crippen molar-refractivity contribution < 1.29 is 9.47 Å². The van der Waals surface area contributed by atoms with E-state index >= 15 is 0 Å². The van der Waals surface area contributed by atoms with Gasteiger partial charge in [-0.25, -0.2) is 0 Å². The van der Waals surface area contributed by atoms with Crippen molar-refractivity contribution in [2.24, 2.45) is 0 Å². The van der Waals surface area contributed by atoms with Crippen LogP contribution < -0.4 is 9.47 Å². The Balaban J connectivity index is 1.84. The second kappa shape index (κ2) is 8.65. The molecule has 0 N–H and O–H groups in total. The Labute approximate surface area is 152 Å². The summed E-state index contributed by atoms with van der Waals surface area (Å²) in [6.45, 7) is 2.39. The Morgan fingerprint density at radius 1 is 0.960 bits per heavy atom. The molecule has 3 rings (SSSR count). The first-order valence-electron chi connectivity index (χ1n) is 8.13. The molecule has 0 fully saturated rings. The minimum absolute atomic E-state index is 0.757. The molecule has 130 valence electrons. The first-order valence-corrected chi connectivity index (χ1v) is 9.07. The molecule has 0 aliphatic carbocycles. The third kappa shape index (κ3) is 4.59. The molecule has 0 amide bonds. The summed E-state index contributed by atoms with van der Waals surface area (Å²) >= 11 is 1.72. The van der Waals surface area contributed by atoms with Gasteiger partial charge < -0.3 is 9.47 Å². The number of rotatable bonds is 8. The normalized spacial score (nSPS) is 10.8. The summed E-state index contributed by atoms with van der Waals surface area (Å²) in [6, 6.07) is 14.2. The lowest BCUT2D eigenvalue weighted by Crippen LogP contribution is -2.23. The molecule has 0 saturated heterocycles. The van der Waals surface area contributed by atoms with Crippen LogP contribution in [0.25, 0.3) is 0 Å². The number of hydrogen-bond donors (Lipinski definition) is 0. The summed E-state index contributed by atoms with van der Waals surface area (Å²) in [4.78, 5) is 6.83. The summed E-state index contributed by atoms with van der Waals surface area (Å²) in [5.41, 5.74) is 3.47. The number of thiophene rings is 1. The van der Waals surface area contributed by atoms with E-state index in [1.54, 1.807) is 25.6 Å². The first kappa shape index (κ1) is 17.5. The molecule has 0 unspecified atom stereocenters. The van der Waals surface area contributed by atoms with Crippen molar-refractivity contribution in [2.45, 2.75) is 19.6 Å². The molecule has 0 spiro atoms. The van der Waals surface area contributed by atoms with Gasteiger partial charge >= 0.3 is 0 Å². The van der Waals surface area contributed by atoms with Crippen molar-refractivity contribution in [1.82, 2.24) is 9.88 Å². The Morgan fingerprint density at radius 3 is 2.56 bits per heavy atom. The molecule has 0 bridgehead atoms. The van der Waals surface area contributed by atoms with Crippen LogP contribution in [0, 0.1) is 0 Å². The van der Waals surface area contributed by atoms with Gasteiger partial charge in [0.15, 0.2) is 11.5 Å². The van der Waals surface area contributed by atoms with Gasteiger partial charge in [0.1, 0.15) is 0 Å². The van der Waals surface area contributed by atoms with Crippen LogP contribution in [0.3, 0.4) is 0 Å². The molecule has 0 radical (unpaired) electrons. The zero-order chi connectivity index (χ0) is 17.5. The van der Waals surface area contributed by atoms with Crippen LogP contribution in [-0.4, -0.2) is 24.1 Å². The monoisotopic (exact) mass is 354 g/mol. The molecule has 5 heteroatoms. The summed E-state index contributed by atoms with van der Waals surface area (Å²) in [6.07, 6.45) is 1.84. The summed E-state index contributed by atoms with van der Waals surface area (Å²) in [5, 5.41) is 4.30. The second-order valence-electron chi connectivity index (χ2n) is 5.75. The van der Waals surface area contributed by atoms with E-state index in [0.717, 1.165) is 42.4 Å². The fourth-order valence-electron chi connectivity index (χ4n) is 2.85. The molecule has 0 aliphatic heterocycles. The average Bonchev–Trinajstić information content (AvgIpc) is 3.15. The molecule has 4 nitrogen and oxygen atoms in total. The highest BCUT2D eigenvalue weighted by atomic mass is 32.1. The van der Waals surface area contributed by atoms with Crippen molar-refractivity contribution in [1.29, 1.82) is 0 Å². The Kier molecular flexibility index (Phi) is 6.04. The van der Waals surface area contributed by atoms with Gasteiger partial charge in [0.05, 0.1) is 19.9 Å². The van der Waals surface area contributed by atoms with Crippen LogP contribution in [0.1, 0.15) is 16.8 Å². The standard InChI is InChI=1S/C20H22N2O2S/c1-23-19-8-5-6-17(20(19)24-2)13-22(12-16-9-11-25-15-16)14-18-7-3-4-10-21-18/h3-11,15H,12-14H2,1-2H3. The maximum Gasteiger partial charge on any atom is 0.165 e. The van der Waals surface area contributed by atoms with Crippen molar-refractivity contribution in [3.8, 4) is 11.5 Å². The first-order chi connectivity index (χ1) is 12.3. The molecule has 0 aliphatic rings. The average molecular weight is 354 g/mol. The van der Waals surface area contributed by atoms with E-state index in [0.29, 0.717) is 0 Å². The minimum atomic E-state index is 0.757. The van der Waals surface area contributed by atoms with Crippen molar-refractivity contribution in [2.75, 3.05) is 14.2 Å². The number of methoxy groups -OCH3 is 2. The topological polar surface area (TPSA) is 34.6 Å². The largest absolute Gasteiger partial charge is 0.493 e. The Hall–Kier alpha value is -2.37. The fourth-order valence-corrected chi connectivity index (χ4v) is 3.51. The molecule has 0 atom stereocenters.